The molecule has 0 saturated carbocycles. The van der Waals surface area contributed by atoms with Crippen molar-refractivity contribution in [2.24, 2.45) is 0 Å². The van der Waals surface area contributed by atoms with Crippen LogP contribution in [0.5, 0.6) is 0 Å². The number of carbonyl (C=O) groups excluding carboxylic acids is 1. The normalized spacial score (nSPS) is 15.3. The standard InChI is InChI=1S/C19H26N4O2/c1-3-23(14-18-20-15(2)25-21-18)19(24)17-9-7-16(8-10-17)13-22-11-5-4-6-12-22/h7-10H,3-6,11-14H2,1-2H3. The van der Waals surface area contributed by atoms with Crippen LogP contribution in [0.4, 0.5) is 0 Å². The van der Waals surface area contributed by atoms with E-state index in [9.17, 15) is 4.79 Å². The number of carbonyl (C=O) groups is 1. The molecule has 0 N–H and O–H groups in total. The minimum atomic E-state index is -0.00512. The Labute approximate surface area is 148 Å². The molecule has 6 nitrogen and oxygen atoms in total. The number of likely N-dealkylation sites (tertiary alicyclic amines) is 1. The zero-order valence-corrected chi connectivity index (χ0v) is 15.1. The highest BCUT2D eigenvalue weighted by molar-refractivity contribution is 5.94. The van der Waals surface area contributed by atoms with E-state index >= 15 is 0 Å². The first-order valence-electron chi connectivity index (χ1n) is 9.05. The molecule has 0 unspecified atom stereocenters. The average Bonchev–Trinajstić information content (AvgIpc) is 3.05. The quantitative estimate of drug-likeness (QED) is 0.807. The Morgan fingerprint density at radius 2 is 1.92 bits per heavy atom. The van der Waals surface area contributed by atoms with E-state index in [4.69, 9.17) is 4.52 Å². The summed E-state index contributed by atoms with van der Waals surface area (Å²) < 4.78 is 4.98. The number of piperidine rings is 1. The van der Waals surface area contributed by atoms with E-state index in [0.717, 1.165) is 6.54 Å². The van der Waals surface area contributed by atoms with Crippen molar-refractivity contribution < 1.29 is 9.32 Å². The number of benzene rings is 1. The molecule has 0 atom stereocenters. The fourth-order valence-corrected chi connectivity index (χ4v) is 3.21. The highest BCUT2D eigenvalue weighted by Gasteiger charge is 2.17. The molecule has 0 bridgehead atoms. The monoisotopic (exact) mass is 342 g/mol. The molecule has 1 amide bonds. The van der Waals surface area contributed by atoms with Crippen LogP contribution in [-0.2, 0) is 13.1 Å². The molecule has 25 heavy (non-hydrogen) atoms. The Morgan fingerprint density at radius 3 is 2.52 bits per heavy atom. The van der Waals surface area contributed by atoms with E-state index in [1.165, 1.54) is 37.9 Å². The summed E-state index contributed by atoms with van der Waals surface area (Å²) in [5, 5.41) is 3.87. The molecule has 1 aromatic carbocycles. The van der Waals surface area contributed by atoms with Gasteiger partial charge in [-0.15, -0.1) is 0 Å². The van der Waals surface area contributed by atoms with Crippen LogP contribution < -0.4 is 0 Å². The van der Waals surface area contributed by atoms with E-state index in [1.54, 1.807) is 11.8 Å². The van der Waals surface area contributed by atoms with Crippen LogP contribution in [0, 0.1) is 6.92 Å². The maximum atomic E-state index is 12.7. The van der Waals surface area contributed by atoms with Crippen LogP contribution in [0.15, 0.2) is 28.8 Å². The average molecular weight is 342 g/mol. The van der Waals surface area contributed by atoms with Crippen molar-refractivity contribution >= 4 is 5.91 Å². The number of hydrogen-bond acceptors (Lipinski definition) is 5. The van der Waals surface area contributed by atoms with Gasteiger partial charge in [0.2, 0.25) is 5.89 Å². The predicted molar refractivity (Wildman–Crippen MR) is 95.0 cm³/mol. The molecule has 1 saturated heterocycles. The van der Waals surface area contributed by atoms with E-state index in [0.29, 0.717) is 30.4 Å². The van der Waals surface area contributed by atoms with Crippen molar-refractivity contribution in [3.8, 4) is 0 Å². The fourth-order valence-electron chi connectivity index (χ4n) is 3.21. The van der Waals surface area contributed by atoms with Gasteiger partial charge < -0.3 is 9.42 Å². The molecule has 134 valence electrons. The van der Waals surface area contributed by atoms with Crippen molar-refractivity contribution in [2.75, 3.05) is 19.6 Å². The van der Waals surface area contributed by atoms with Crippen LogP contribution in [-0.4, -0.2) is 45.5 Å². The second kappa shape index (κ2) is 8.25. The summed E-state index contributed by atoms with van der Waals surface area (Å²) in [6, 6.07) is 7.97. The smallest absolute Gasteiger partial charge is 0.254 e. The molecule has 1 aliphatic heterocycles. The lowest BCUT2D eigenvalue weighted by Gasteiger charge is -2.26. The number of hydrogen-bond donors (Lipinski definition) is 0. The van der Waals surface area contributed by atoms with Gasteiger partial charge in [-0.05, 0) is 50.6 Å². The molecule has 1 fully saturated rings. The topological polar surface area (TPSA) is 62.5 Å². The molecule has 0 radical (unpaired) electrons. The second-order valence-electron chi connectivity index (χ2n) is 6.58. The first kappa shape index (κ1) is 17.6. The van der Waals surface area contributed by atoms with Crippen LogP contribution in [0.1, 0.15) is 53.8 Å². The summed E-state index contributed by atoms with van der Waals surface area (Å²) in [6.07, 6.45) is 3.92. The zero-order valence-electron chi connectivity index (χ0n) is 15.1. The number of aromatic nitrogens is 2. The van der Waals surface area contributed by atoms with Crippen molar-refractivity contribution in [1.29, 1.82) is 0 Å². The van der Waals surface area contributed by atoms with Gasteiger partial charge in [0, 0.05) is 25.6 Å². The zero-order chi connectivity index (χ0) is 17.6. The Hall–Kier alpha value is -2.21. The van der Waals surface area contributed by atoms with Gasteiger partial charge in [-0.1, -0.05) is 23.7 Å². The lowest BCUT2D eigenvalue weighted by atomic mass is 10.1. The summed E-state index contributed by atoms with van der Waals surface area (Å²) in [7, 11) is 0. The maximum Gasteiger partial charge on any atom is 0.254 e. The predicted octanol–water partition coefficient (Wildman–Crippen LogP) is 3.03. The van der Waals surface area contributed by atoms with E-state index in [2.05, 4.69) is 27.2 Å². The van der Waals surface area contributed by atoms with Crippen LogP contribution in [0.2, 0.25) is 0 Å². The van der Waals surface area contributed by atoms with Gasteiger partial charge >= 0.3 is 0 Å². The van der Waals surface area contributed by atoms with Gasteiger partial charge in [0.25, 0.3) is 5.91 Å². The Bertz CT molecular complexity index is 690. The minimum Gasteiger partial charge on any atom is -0.340 e. The molecular weight excluding hydrogens is 316 g/mol. The van der Waals surface area contributed by atoms with E-state index in [-0.39, 0.29) is 5.91 Å². The molecule has 3 rings (SSSR count). The van der Waals surface area contributed by atoms with Gasteiger partial charge in [0.15, 0.2) is 5.82 Å². The number of aryl methyl sites for hydroxylation is 1. The largest absolute Gasteiger partial charge is 0.340 e. The fraction of sp³-hybridized carbons (Fsp3) is 0.526. The second-order valence-corrected chi connectivity index (χ2v) is 6.58. The van der Waals surface area contributed by atoms with Crippen LogP contribution in [0.25, 0.3) is 0 Å². The summed E-state index contributed by atoms with van der Waals surface area (Å²) in [5.41, 5.74) is 1.96. The van der Waals surface area contributed by atoms with Gasteiger partial charge in [-0.3, -0.25) is 9.69 Å². The van der Waals surface area contributed by atoms with E-state index in [1.807, 2.05) is 19.1 Å². The summed E-state index contributed by atoms with van der Waals surface area (Å²) in [5.74, 6) is 1.05. The third-order valence-electron chi connectivity index (χ3n) is 4.63. The van der Waals surface area contributed by atoms with Gasteiger partial charge in [0.05, 0.1) is 6.54 Å². The number of amides is 1. The molecular formula is C19H26N4O2. The maximum absolute atomic E-state index is 12.7. The Morgan fingerprint density at radius 1 is 1.20 bits per heavy atom. The molecule has 1 aromatic heterocycles. The molecule has 6 heteroatoms. The highest BCUT2D eigenvalue weighted by Crippen LogP contribution is 2.15. The van der Waals surface area contributed by atoms with Crippen molar-refractivity contribution in [3.05, 3.63) is 47.1 Å². The SMILES string of the molecule is CCN(Cc1noc(C)n1)C(=O)c1ccc(CN2CCCCC2)cc1. The lowest BCUT2D eigenvalue weighted by Crippen LogP contribution is -2.31. The molecule has 1 aliphatic rings. The molecule has 0 spiro atoms. The van der Waals surface area contributed by atoms with Crippen LogP contribution in [0.3, 0.4) is 0 Å². The lowest BCUT2D eigenvalue weighted by molar-refractivity contribution is 0.0747. The summed E-state index contributed by atoms with van der Waals surface area (Å²) >= 11 is 0. The summed E-state index contributed by atoms with van der Waals surface area (Å²) in [4.78, 5) is 21.1. The Balaban J connectivity index is 1.62. The molecule has 2 aromatic rings. The van der Waals surface area contributed by atoms with Crippen molar-refractivity contribution in [3.63, 3.8) is 0 Å². The van der Waals surface area contributed by atoms with Crippen molar-refractivity contribution in [2.45, 2.75) is 46.2 Å². The minimum absolute atomic E-state index is 0.00512. The first-order chi connectivity index (χ1) is 12.2. The number of rotatable bonds is 6. The third kappa shape index (κ3) is 4.66. The first-order valence-corrected chi connectivity index (χ1v) is 9.05. The number of nitrogens with zero attached hydrogens (tertiary/aromatic N) is 4. The van der Waals surface area contributed by atoms with Gasteiger partial charge in [-0.2, -0.15) is 4.98 Å². The van der Waals surface area contributed by atoms with Gasteiger partial charge in [-0.25, -0.2) is 0 Å². The van der Waals surface area contributed by atoms with Gasteiger partial charge in [0.1, 0.15) is 0 Å². The molecule has 2 heterocycles. The van der Waals surface area contributed by atoms with Crippen molar-refractivity contribution in [1.82, 2.24) is 19.9 Å². The van der Waals surface area contributed by atoms with E-state index < -0.39 is 0 Å². The Kier molecular flexibility index (Phi) is 5.81. The third-order valence-corrected chi connectivity index (χ3v) is 4.63. The van der Waals surface area contributed by atoms with Crippen LogP contribution >= 0.6 is 0 Å². The molecule has 0 aliphatic carbocycles. The summed E-state index contributed by atoms with van der Waals surface area (Å²) in [6.45, 7) is 7.98. The highest BCUT2D eigenvalue weighted by atomic mass is 16.5.